The van der Waals surface area contributed by atoms with E-state index in [9.17, 15) is 93.2 Å². The third-order valence-corrected chi connectivity index (χ3v) is 22.9. The molecule has 0 spiro atoms. The molecule has 0 saturated carbocycles. The number of fused-ring (bicyclic) bond motifs is 1. The minimum atomic E-state index is -5.20. The Hall–Kier alpha value is -3.55. The van der Waals surface area contributed by atoms with Gasteiger partial charge in [0.1, 0.15) is 70.2 Å². The third kappa shape index (κ3) is 22.0. The summed E-state index contributed by atoms with van der Waals surface area (Å²) in [4.78, 5) is -0.575. The molecule has 23 nitrogen and oxygen atoms in total. The summed E-state index contributed by atoms with van der Waals surface area (Å²) in [5.41, 5.74) is -18.9. The zero-order chi connectivity index (χ0) is 91.0. The van der Waals surface area contributed by atoms with Gasteiger partial charge in [0.25, 0.3) is 32.1 Å². The number of aliphatic hydroxyl groups excluding tert-OH is 4. The molecule has 9 N–H and O–H groups in total. The Labute approximate surface area is 675 Å². The predicted molar refractivity (Wildman–Crippen MR) is 403 cm³/mol. The highest BCUT2D eigenvalue weighted by molar-refractivity contribution is 7.92. The Bertz CT molecular complexity index is 3470. The smallest absolute Gasteiger partial charge is 0.380 e. The number of hydrogen-bond acceptors (Lipinski definition) is 23. The predicted octanol–water partition coefficient (Wildman–Crippen LogP) is 14.0. The number of hydrogen-bond donors (Lipinski definition) is 9. The van der Waals surface area contributed by atoms with Crippen molar-refractivity contribution in [2.24, 2.45) is 0 Å². The highest BCUT2D eigenvalue weighted by atomic mass is 32.2. The zero-order valence-corrected chi connectivity index (χ0v) is 72.9. The van der Waals surface area contributed by atoms with Crippen LogP contribution < -0.4 is 0 Å². The van der Waals surface area contributed by atoms with Gasteiger partial charge in [-0.25, -0.2) is 52.3 Å². The zero-order valence-electron chi connectivity index (χ0n) is 72.1. The Balaban J connectivity index is 0.000000365. The molecular weight excluding hydrogens is 1590 g/mol. The van der Waals surface area contributed by atoms with Gasteiger partial charge in [-0.15, -0.1) is 0 Å². The molecule has 0 bridgehead atoms. The van der Waals surface area contributed by atoms with Crippen molar-refractivity contribution in [1.82, 2.24) is 0 Å². The second kappa shape index (κ2) is 37.1. The van der Waals surface area contributed by atoms with Crippen LogP contribution in [0, 0.1) is 0 Å². The van der Waals surface area contributed by atoms with Crippen LogP contribution in [0.25, 0.3) is 0 Å². The molecule has 0 amide bonds. The van der Waals surface area contributed by atoms with Gasteiger partial charge in [0, 0.05) is 0 Å². The van der Waals surface area contributed by atoms with Gasteiger partial charge in [-0.1, -0.05) is 99.4 Å². The maximum absolute atomic E-state index is 15.5. The molecule has 7 fully saturated rings. The monoisotopic (exact) mass is 1720 g/mol. The first kappa shape index (κ1) is 107. The summed E-state index contributed by atoms with van der Waals surface area (Å²) in [5.74, 6) is -5.43. The lowest BCUT2D eigenvalue weighted by Gasteiger charge is -2.42. The molecule has 0 aromatic heterocycles. The van der Waals surface area contributed by atoms with Crippen molar-refractivity contribution in [2.45, 2.75) is 421 Å². The van der Waals surface area contributed by atoms with E-state index in [1.807, 2.05) is 27.7 Å². The van der Waals surface area contributed by atoms with Crippen LogP contribution in [0.5, 0.6) is 0 Å². The average Bonchev–Trinajstić information content (AvgIpc) is 1.51. The highest BCUT2D eigenvalue weighted by Gasteiger charge is 2.74. The normalized spacial score (nSPS) is 36.0. The molecule has 0 radical (unpaired) electrons. The number of aliphatic hydroxyl groups is 9. The van der Waals surface area contributed by atoms with Crippen LogP contribution in [-0.4, -0.2) is 244 Å². The largest absolute Gasteiger partial charge is 0.393 e. The quantitative estimate of drug-likeness (QED) is 0.0385. The van der Waals surface area contributed by atoms with Crippen molar-refractivity contribution in [3.63, 3.8) is 0 Å². The van der Waals surface area contributed by atoms with Gasteiger partial charge < -0.3 is 103 Å². The van der Waals surface area contributed by atoms with Crippen molar-refractivity contribution < 1.29 is 164 Å². The van der Waals surface area contributed by atoms with Crippen molar-refractivity contribution >= 4 is 9.84 Å². The number of rotatable bonds is 22. The molecule has 36 heteroatoms. The van der Waals surface area contributed by atoms with Crippen LogP contribution in [-0.2, 0) is 66.7 Å². The molecule has 7 aliphatic heterocycles. The van der Waals surface area contributed by atoms with E-state index in [0.717, 1.165) is 41.3 Å². The van der Waals surface area contributed by atoms with Gasteiger partial charge in [-0.05, 0) is 210 Å². The van der Waals surface area contributed by atoms with Crippen LogP contribution in [0.4, 0.5) is 52.7 Å². The van der Waals surface area contributed by atoms with Crippen LogP contribution >= 0.6 is 0 Å². The molecule has 1 aromatic rings. The van der Waals surface area contributed by atoms with Gasteiger partial charge >= 0.3 is 5.25 Å². The number of sulfone groups is 1. The molecule has 2 unspecified atom stereocenters. The summed E-state index contributed by atoms with van der Waals surface area (Å²) in [6, 6.07) is 6.36. The minimum Gasteiger partial charge on any atom is -0.393 e. The summed E-state index contributed by atoms with van der Waals surface area (Å²) in [6.45, 7) is 45.8. The Morgan fingerprint density at radius 3 is 0.974 bits per heavy atom. The second-order valence-corrected chi connectivity index (χ2v) is 36.9. The molecule has 1 aromatic carbocycles. The van der Waals surface area contributed by atoms with E-state index >= 15 is 8.78 Å². The average molecular weight is 1720 g/mol. The lowest BCUT2D eigenvalue weighted by molar-refractivity contribution is -0.278. The number of alkyl halides is 12. The van der Waals surface area contributed by atoms with Gasteiger partial charge in [-0.3, -0.25) is 0 Å². The van der Waals surface area contributed by atoms with Crippen molar-refractivity contribution in [3.8, 4) is 0 Å². The van der Waals surface area contributed by atoms with E-state index in [1.165, 1.54) is 73.6 Å². The topological polar surface area (TPSA) is 327 Å². The van der Waals surface area contributed by atoms with Crippen LogP contribution in [0.15, 0.2) is 81.8 Å². The maximum Gasteiger partial charge on any atom is 0.380 e. The number of ether oxygens (including phenoxy) is 12. The fourth-order valence-electron chi connectivity index (χ4n) is 16.2. The SMILES string of the molecule is CC(C)=C[C@]1(C)OC(C)(C)O[C@@H]1[C@](O)(CO)C(F)F.CC[C@@](O)([C@H]1OC(C)(C)O[C@@]1(C)C=C(C)C)C(F)(F)S(=O)(=O)c1ccccc1.CC[C@@]1(C(F)F)OC(O)[C@](C)(O)[C@@H]1O.CC[C@@]1(C(F)F)OC(O)[C@]2(C)OC(C)(C)O[C@@H]21.CC[C@](O)(C(F)F)[C@H]1OC(C)(C)O[C@@]1(C)C=C(C)C.CC[C@](O)(C(F)F)[C@H]1OC(C)(C)O[C@@]1(C)C=C(C)C. The summed E-state index contributed by atoms with van der Waals surface area (Å²) in [7, 11) is -5.20. The molecule has 8 rings (SSSR count). The Morgan fingerprint density at radius 2 is 0.724 bits per heavy atom. The van der Waals surface area contributed by atoms with Crippen molar-refractivity contribution in [3.05, 3.63) is 76.9 Å². The van der Waals surface area contributed by atoms with Crippen LogP contribution in [0.1, 0.15) is 233 Å². The van der Waals surface area contributed by atoms with Crippen LogP contribution in [0.2, 0.25) is 0 Å². The lowest BCUT2D eigenvalue weighted by atomic mass is 9.82. The van der Waals surface area contributed by atoms with E-state index in [1.54, 1.807) is 135 Å². The van der Waals surface area contributed by atoms with Crippen LogP contribution in [0.3, 0.4) is 0 Å². The molecule has 7 saturated heterocycles. The third-order valence-electron chi connectivity index (χ3n) is 20.9. The highest BCUT2D eigenvalue weighted by Crippen LogP contribution is 2.56. The lowest BCUT2D eigenvalue weighted by Crippen LogP contribution is -2.64. The van der Waals surface area contributed by atoms with Gasteiger partial charge in [0.2, 0.25) is 9.84 Å². The molecule has 7 heterocycles. The van der Waals surface area contributed by atoms with Crippen molar-refractivity contribution in [1.29, 1.82) is 0 Å². The van der Waals surface area contributed by atoms with E-state index in [2.05, 4.69) is 4.74 Å². The Morgan fingerprint density at radius 1 is 0.431 bits per heavy atom. The molecular formula is C80H130F12O23S. The fourth-order valence-corrected chi connectivity index (χ4v) is 17.7. The first-order valence-corrected chi connectivity index (χ1v) is 39.7. The molecule has 678 valence electrons. The maximum atomic E-state index is 15.5. The minimum absolute atomic E-state index is 0.0431. The molecule has 116 heavy (non-hydrogen) atoms. The summed E-state index contributed by atoms with van der Waals surface area (Å²) in [6.07, 6.45) is -20.2. The summed E-state index contributed by atoms with van der Waals surface area (Å²) in [5, 5.41) is 84.4. The number of benzene rings is 1. The van der Waals surface area contributed by atoms with E-state index in [4.69, 9.17) is 57.2 Å². The molecule has 7 aliphatic rings. The first-order chi connectivity index (χ1) is 52.0. The summed E-state index contributed by atoms with van der Waals surface area (Å²) >= 11 is 0. The van der Waals surface area contributed by atoms with E-state index < -0.39 is 210 Å². The van der Waals surface area contributed by atoms with Gasteiger partial charge in [-0.2, -0.15) is 8.78 Å². The Kier molecular flexibility index (Phi) is 34.1. The van der Waals surface area contributed by atoms with Gasteiger partial charge in [0.15, 0.2) is 75.1 Å². The number of halogens is 12. The van der Waals surface area contributed by atoms with E-state index in [0.29, 0.717) is 0 Å². The molecule has 0 aliphatic carbocycles. The number of allylic oxidation sites excluding steroid dienone is 4. The van der Waals surface area contributed by atoms with Crippen molar-refractivity contribution in [2.75, 3.05) is 6.61 Å². The van der Waals surface area contributed by atoms with Gasteiger partial charge in [0.05, 0.1) is 11.5 Å². The standard InChI is InChI=1S/C20H28F2O5S.2C14H24F2O3.C13H22F2O4.C11H18F2O4.C8H14F2O4/c1-7-19(23,16-18(6,13-14(2)3)27-17(4,5)26-16)20(21,22)28(24,25)15-11-9-8-10-12-15;2*1-7-14(17,11(15)16)10-13(6,8-9(2)3)19-12(4,5)18-10;1-8(2)6-12(5)9(18-11(3,4)19-12)13(17,7-16)10(14)15;1-5-11(7(12)13)6-10(4,8(14)16-11)17-9(2,3)15-6;1-3-8(5(9)10)4(11)7(2,13)6(12)14-8/h8-13,16,23H,7H2,1-6H3;2*8,10-11,17H,7H2,1-6H3;6,9-10,16-17H,7H2,1-5H3;6-8,14H,5H2,1-4H3;4-6,11-13H,3H2,1-2H3/t16-,18-,19+;2*10-,13-,14+;9-,12-,13+;6-,8?,10+,11+;4-,6?,7+,8+/m000000/s1. The van der Waals surface area contributed by atoms with E-state index in [-0.39, 0.29) is 25.7 Å². The fraction of sp³-hybridized carbons (Fsp3) is 0.825. The summed E-state index contributed by atoms with van der Waals surface area (Å²) < 4.78 is 254. The first-order valence-electron chi connectivity index (χ1n) is 38.2. The molecule has 20 atom stereocenters. The second-order valence-electron chi connectivity index (χ2n) is 34.9.